The molecule has 0 spiro atoms. The van der Waals surface area contributed by atoms with Crippen molar-refractivity contribution in [3.05, 3.63) is 31.0 Å². The van der Waals surface area contributed by atoms with E-state index >= 15 is 0 Å². The number of hydrogen-bond donors (Lipinski definition) is 2. The fraction of sp³-hybridized carbons (Fsp3) is 0.421. The van der Waals surface area contributed by atoms with E-state index < -0.39 is 22.2 Å². The fourth-order valence-electron chi connectivity index (χ4n) is 3.68. The maximum atomic E-state index is 11.8. The number of carbonyl (C=O) groups is 1. The highest BCUT2D eigenvalue weighted by atomic mass is 32.2. The van der Waals surface area contributed by atoms with Crippen LogP contribution in [0, 0.1) is 17.2 Å². The number of nitriles is 1. The van der Waals surface area contributed by atoms with Crippen LogP contribution in [-0.4, -0.2) is 74.1 Å². The van der Waals surface area contributed by atoms with E-state index in [2.05, 4.69) is 26.1 Å². The summed E-state index contributed by atoms with van der Waals surface area (Å²) < 4.78 is 58.6. The van der Waals surface area contributed by atoms with E-state index in [-0.39, 0.29) is 18.4 Å². The van der Waals surface area contributed by atoms with Crippen LogP contribution in [0.4, 0.5) is 13.2 Å². The Morgan fingerprint density at radius 2 is 2.12 bits per heavy atom. The molecule has 0 radical (unpaired) electrons. The first-order valence-electron chi connectivity index (χ1n) is 9.86. The van der Waals surface area contributed by atoms with Crippen LogP contribution >= 0.6 is 0 Å². The number of aromatic amines is 1. The lowest BCUT2D eigenvalue weighted by molar-refractivity contribution is -0.192. The minimum absolute atomic E-state index is 0.0461. The number of aromatic nitrogens is 5. The SMILES string of the molecule is CS(=O)(=O)N1CCC(C(CC#N)n2cc(-c3ncnc4[nH]ccc34)cn2)C1.O=C(O)C(F)(F)F. The van der Waals surface area contributed by atoms with Crippen molar-refractivity contribution in [1.29, 1.82) is 5.26 Å². The van der Waals surface area contributed by atoms with Gasteiger partial charge < -0.3 is 10.1 Å². The zero-order valence-electron chi connectivity index (χ0n) is 17.8. The van der Waals surface area contributed by atoms with Gasteiger partial charge in [-0.25, -0.2) is 27.5 Å². The molecule has 1 aliphatic rings. The van der Waals surface area contributed by atoms with Gasteiger partial charge in [-0.05, 0) is 18.4 Å². The summed E-state index contributed by atoms with van der Waals surface area (Å²) in [5.41, 5.74) is 2.36. The second-order valence-electron chi connectivity index (χ2n) is 7.57. The predicted molar refractivity (Wildman–Crippen MR) is 113 cm³/mol. The number of halogens is 3. The highest BCUT2D eigenvalue weighted by Gasteiger charge is 2.38. The summed E-state index contributed by atoms with van der Waals surface area (Å²) in [6.07, 6.45) is 4.03. The lowest BCUT2D eigenvalue weighted by Crippen LogP contribution is -2.29. The Morgan fingerprint density at radius 1 is 1.41 bits per heavy atom. The first kappa shape index (κ1) is 25.1. The molecule has 0 saturated carbocycles. The maximum absolute atomic E-state index is 11.8. The number of H-pyrrole nitrogens is 1. The first-order chi connectivity index (χ1) is 15.9. The molecule has 182 valence electrons. The lowest BCUT2D eigenvalue weighted by atomic mass is 9.97. The molecular formula is C19H20F3N7O4S. The van der Waals surface area contributed by atoms with Gasteiger partial charge in [0.15, 0.2) is 0 Å². The monoisotopic (exact) mass is 499 g/mol. The highest BCUT2D eigenvalue weighted by molar-refractivity contribution is 7.88. The van der Waals surface area contributed by atoms with Crippen molar-refractivity contribution in [2.24, 2.45) is 5.92 Å². The van der Waals surface area contributed by atoms with E-state index in [0.717, 1.165) is 22.3 Å². The normalized spacial score (nSPS) is 17.7. The van der Waals surface area contributed by atoms with Crippen LogP contribution in [0.5, 0.6) is 0 Å². The maximum Gasteiger partial charge on any atom is 0.490 e. The summed E-state index contributed by atoms with van der Waals surface area (Å²) in [7, 11) is -3.22. The molecule has 4 rings (SSSR count). The Balaban J connectivity index is 0.000000406. The molecule has 0 aromatic carbocycles. The molecule has 1 saturated heterocycles. The van der Waals surface area contributed by atoms with Crippen LogP contribution in [0.2, 0.25) is 0 Å². The average Bonchev–Trinajstić information content (AvgIpc) is 3.51. The minimum Gasteiger partial charge on any atom is -0.475 e. The Kier molecular flexibility index (Phi) is 7.22. The Labute approximate surface area is 191 Å². The molecule has 15 heteroatoms. The van der Waals surface area contributed by atoms with Crippen molar-refractivity contribution in [3.63, 3.8) is 0 Å². The third-order valence-electron chi connectivity index (χ3n) is 5.31. The molecule has 0 bridgehead atoms. The van der Waals surface area contributed by atoms with E-state index in [0.29, 0.717) is 19.5 Å². The zero-order valence-corrected chi connectivity index (χ0v) is 18.6. The van der Waals surface area contributed by atoms with Crippen LogP contribution in [0.3, 0.4) is 0 Å². The van der Waals surface area contributed by atoms with Gasteiger partial charge in [0.1, 0.15) is 12.0 Å². The van der Waals surface area contributed by atoms with Gasteiger partial charge in [-0.3, -0.25) is 4.68 Å². The standard InChI is InChI=1S/C17H19N7O2S.C2HF3O2/c1-27(25,26)23-7-4-12(9-23)15(2-5-18)24-10-13(8-22-24)16-14-3-6-19-17(14)21-11-20-16;3-2(4,5)1(6)7/h3,6,8,10-12,15H,2,4,7,9H2,1H3,(H,19,20,21);(H,6,7). The smallest absolute Gasteiger partial charge is 0.475 e. The van der Waals surface area contributed by atoms with Gasteiger partial charge in [-0.15, -0.1) is 0 Å². The number of carboxylic acids is 1. The van der Waals surface area contributed by atoms with Crippen molar-refractivity contribution in [2.45, 2.75) is 25.1 Å². The Bertz CT molecular complexity index is 1310. The molecule has 3 aromatic heterocycles. The van der Waals surface area contributed by atoms with Gasteiger partial charge in [0.2, 0.25) is 10.0 Å². The Morgan fingerprint density at radius 3 is 2.71 bits per heavy atom. The number of rotatable bonds is 5. The van der Waals surface area contributed by atoms with Crippen LogP contribution < -0.4 is 0 Å². The van der Waals surface area contributed by atoms with Crippen molar-refractivity contribution in [3.8, 4) is 17.3 Å². The number of nitrogens with one attached hydrogen (secondary N) is 1. The van der Waals surface area contributed by atoms with Gasteiger partial charge in [0, 0.05) is 36.4 Å². The molecule has 0 aliphatic carbocycles. The second kappa shape index (κ2) is 9.77. The van der Waals surface area contributed by atoms with E-state index in [4.69, 9.17) is 9.90 Å². The molecule has 34 heavy (non-hydrogen) atoms. The first-order valence-corrected chi connectivity index (χ1v) is 11.7. The van der Waals surface area contributed by atoms with Crippen LogP contribution in [-0.2, 0) is 14.8 Å². The highest BCUT2D eigenvalue weighted by Crippen LogP contribution is 2.33. The number of hydrogen-bond acceptors (Lipinski definition) is 7. The second-order valence-corrected chi connectivity index (χ2v) is 9.56. The van der Waals surface area contributed by atoms with E-state index in [1.165, 1.54) is 16.9 Å². The Hall–Kier alpha value is -3.51. The van der Waals surface area contributed by atoms with E-state index in [1.807, 2.05) is 18.5 Å². The summed E-state index contributed by atoms with van der Waals surface area (Å²) in [6.45, 7) is 0.894. The number of alkyl halides is 3. The summed E-state index contributed by atoms with van der Waals surface area (Å²) in [4.78, 5) is 20.5. The number of sulfonamides is 1. The molecule has 1 aliphatic heterocycles. The van der Waals surface area contributed by atoms with Gasteiger partial charge in [-0.2, -0.15) is 23.5 Å². The molecule has 2 unspecified atom stereocenters. The molecule has 0 amide bonds. The molecule has 2 N–H and O–H groups in total. The van der Waals surface area contributed by atoms with Crippen molar-refractivity contribution in [2.75, 3.05) is 19.3 Å². The topological polar surface area (TPSA) is 158 Å². The fourth-order valence-corrected chi connectivity index (χ4v) is 4.58. The molecule has 3 aromatic rings. The van der Waals surface area contributed by atoms with Crippen molar-refractivity contribution < 1.29 is 31.5 Å². The molecule has 1 fully saturated rings. The van der Waals surface area contributed by atoms with Gasteiger partial charge >= 0.3 is 12.1 Å². The van der Waals surface area contributed by atoms with E-state index in [9.17, 15) is 26.9 Å². The average molecular weight is 499 g/mol. The summed E-state index contributed by atoms with van der Waals surface area (Å²) >= 11 is 0. The van der Waals surface area contributed by atoms with Gasteiger partial charge in [0.25, 0.3) is 0 Å². The van der Waals surface area contributed by atoms with Crippen LogP contribution in [0.25, 0.3) is 22.3 Å². The lowest BCUT2D eigenvalue weighted by Gasteiger charge is -2.21. The third-order valence-corrected chi connectivity index (χ3v) is 6.58. The number of carboxylic acid groups (broad SMARTS) is 1. The largest absolute Gasteiger partial charge is 0.490 e. The summed E-state index contributed by atoms with van der Waals surface area (Å²) in [5.74, 6) is -2.71. The predicted octanol–water partition coefficient (Wildman–Crippen LogP) is 2.19. The number of aliphatic carboxylic acids is 1. The molecule has 4 heterocycles. The summed E-state index contributed by atoms with van der Waals surface area (Å²) in [6, 6.07) is 3.94. The zero-order chi connectivity index (χ0) is 25.1. The number of nitrogens with zero attached hydrogens (tertiary/aromatic N) is 6. The van der Waals surface area contributed by atoms with Crippen molar-refractivity contribution in [1.82, 2.24) is 29.0 Å². The quantitative estimate of drug-likeness (QED) is 0.541. The van der Waals surface area contributed by atoms with Crippen molar-refractivity contribution >= 4 is 27.0 Å². The molecule has 11 nitrogen and oxygen atoms in total. The third kappa shape index (κ3) is 5.69. The molecule has 2 atom stereocenters. The number of fused-ring (bicyclic) bond motifs is 1. The molecular weight excluding hydrogens is 479 g/mol. The van der Waals surface area contributed by atoms with Crippen LogP contribution in [0.15, 0.2) is 31.0 Å². The van der Waals surface area contributed by atoms with E-state index in [1.54, 1.807) is 10.9 Å². The van der Waals surface area contributed by atoms with Gasteiger partial charge in [-0.1, -0.05) is 0 Å². The minimum atomic E-state index is -5.08. The summed E-state index contributed by atoms with van der Waals surface area (Å²) in [5, 5.41) is 21.8. The van der Waals surface area contributed by atoms with Crippen LogP contribution in [0.1, 0.15) is 18.9 Å². The van der Waals surface area contributed by atoms with Gasteiger partial charge in [0.05, 0.1) is 36.7 Å².